The predicted octanol–water partition coefficient (Wildman–Crippen LogP) is 2.49. The molecule has 0 aliphatic carbocycles. The van der Waals surface area contributed by atoms with Crippen LogP contribution in [-0.4, -0.2) is 29.1 Å². The van der Waals surface area contributed by atoms with Crippen molar-refractivity contribution in [2.24, 2.45) is 0 Å². The van der Waals surface area contributed by atoms with Crippen molar-refractivity contribution in [2.45, 2.75) is 38.6 Å². The molecule has 20 heavy (non-hydrogen) atoms. The maximum atomic E-state index is 11.9. The third-order valence-electron chi connectivity index (χ3n) is 3.69. The van der Waals surface area contributed by atoms with Crippen LogP contribution in [0.5, 0.6) is 0 Å². The van der Waals surface area contributed by atoms with E-state index in [0.717, 1.165) is 30.5 Å². The molecule has 1 fully saturated rings. The minimum Gasteiger partial charge on any atom is -0.395 e. The van der Waals surface area contributed by atoms with Crippen LogP contribution in [0.2, 0.25) is 0 Å². The Bertz CT molecular complexity index is 510. The van der Waals surface area contributed by atoms with Crippen LogP contribution in [0.1, 0.15) is 49.8 Å². The third-order valence-corrected chi connectivity index (χ3v) is 3.69. The molecule has 0 spiro atoms. The SMILES string of the molecule is CC(c1ccc(C#CCCO)cc1)N1CCCCC1=O. The highest BCUT2D eigenvalue weighted by molar-refractivity contribution is 5.77. The summed E-state index contributed by atoms with van der Waals surface area (Å²) in [5, 5.41) is 8.69. The first-order valence-electron chi connectivity index (χ1n) is 7.21. The highest BCUT2D eigenvalue weighted by Crippen LogP contribution is 2.25. The van der Waals surface area contributed by atoms with Crippen molar-refractivity contribution in [1.29, 1.82) is 0 Å². The van der Waals surface area contributed by atoms with E-state index in [1.165, 1.54) is 0 Å². The molecular formula is C17H21NO2. The van der Waals surface area contributed by atoms with Gasteiger partial charge in [0, 0.05) is 24.9 Å². The zero-order valence-corrected chi connectivity index (χ0v) is 11.9. The number of amides is 1. The summed E-state index contributed by atoms with van der Waals surface area (Å²) in [7, 11) is 0. The summed E-state index contributed by atoms with van der Waals surface area (Å²) < 4.78 is 0. The number of rotatable bonds is 3. The predicted molar refractivity (Wildman–Crippen MR) is 79.0 cm³/mol. The lowest BCUT2D eigenvalue weighted by Crippen LogP contribution is -2.37. The van der Waals surface area contributed by atoms with Gasteiger partial charge in [0.15, 0.2) is 0 Å². The van der Waals surface area contributed by atoms with Crippen molar-refractivity contribution in [3.8, 4) is 11.8 Å². The monoisotopic (exact) mass is 271 g/mol. The Morgan fingerprint density at radius 2 is 2.05 bits per heavy atom. The highest BCUT2D eigenvalue weighted by Gasteiger charge is 2.23. The number of carbonyl (C=O) groups excluding carboxylic acids is 1. The molecule has 1 saturated heterocycles. The maximum absolute atomic E-state index is 11.9. The van der Waals surface area contributed by atoms with Crippen LogP contribution in [-0.2, 0) is 4.79 Å². The average molecular weight is 271 g/mol. The molecule has 3 nitrogen and oxygen atoms in total. The molecule has 1 N–H and O–H groups in total. The Morgan fingerprint density at radius 3 is 2.70 bits per heavy atom. The number of aliphatic hydroxyl groups is 1. The largest absolute Gasteiger partial charge is 0.395 e. The fraction of sp³-hybridized carbons (Fsp3) is 0.471. The van der Waals surface area contributed by atoms with E-state index in [1.807, 2.05) is 29.2 Å². The number of carbonyl (C=O) groups is 1. The second-order valence-electron chi connectivity index (χ2n) is 5.12. The van der Waals surface area contributed by atoms with Crippen LogP contribution >= 0.6 is 0 Å². The molecule has 0 saturated carbocycles. The van der Waals surface area contributed by atoms with E-state index in [4.69, 9.17) is 5.11 Å². The van der Waals surface area contributed by atoms with Crippen LogP contribution in [0.25, 0.3) is 0 Å². The van der Waals surface area contributed by atoms with E-state index < -0.39 is 0 Å². The van der Waals surface area contributed by atoms with Crippen molar-refractivity contribution in [3.63, 3.8) is 0 Å². The fourth-order valence-corrected chi connectivity index (χ4v) is 2.48. The summed E-state index contributed by atoms with van der Waals surface area (Å²) in [6.45, 7) is 3.03. The van der Waals surface area contributed by atoms with Crippen LogP contribution in [0, 0.1) is 11.8 Å². The van der Waals surface area contributed by atoms with E-state index in [2.05, 4.69) is 18.8 Å². The van der Waals surface area contributed by atoms with E-state index in [9.17, 15) is 4.79 Å². The molecule has 106 valence electrons. The fourth-order valence-electron chi connectivity index (χ4n) is 2.48. The van der Waals surface area contributed by atoms with Crippen molar-refractivity contribution in [2.75, 3.05) is 13.2 Å². The van der Waals surface area contributed by atoms with Gasteiger partial charge >= 0.3 is 0 Å². The van der Waals surface area contributed by atoms with Gasteiger partial charge in [-0.1, -0.05) is 24.0 Å². The van der Waals surface area contributed by atoms with E-state index in [1.54, 1.807) is 0 Å². The first-order chi connectivity index (χ1) is 9.72. The van der Waals surface area contributed by atoms with Crippen molar-refractivity contribution < 1.29 is 9.90 Å². The Hall–Kier alpha value is -1.79. The zero-order chi connectivity index (χ0) is 14.4. The first-order valence-corrected chi connectivity index (χ1v) is 7.21. The Balaban J connectivity index is 2.05. The first kappa shape index (κ1) is 14.6. The van der Waals surface area contributed by atoms with Gasteiger partial charge in [-0.2, -0.15) is 0 Å². The number of hydrogen-bond acceptors (Lipinski definition) is 2. The number of piperidine rings is 1. The molecule has 1 aromatic rings. The summed E-state index contributed by atoms with van der Waals surface area (Å²) in [4.78, 5) is 13.9. The number of likely N-dealkylation sites (tertiary alicyclic amines) is 1. The number of nitrogens with zero attached hydrogens (tertiary/aromatic N) is 1. The second-order valence-corrected chi connectivity index (χ2v) is 5.12. The van der Waals surface area contributed by atoms with Crippen LogP contribution in [0.4, 0.5) is 0 Å². The summed E-state index contributed by atoms with van der Waals surface area (Å²) in [5.74, 6) is 6.18. The molecule has 0 bridgehead atoms. The topological polar surface area (TPSA) is 40.5 Å². The number of hydrogen-bond donors (Lipinski definition) is 1. The van der Waals surface area contributed by atoms with E-state index in [-0.39, 0.29) is 18.6 Å². The molecule has 0 aromatic heterocycles. The Labute approximate surface area is 120 Å². The summed E-state index contributed by atoms with van der Waals surface area (Å²) in [6.07, 6.45) is 3.29. The molecule has 1 atom stereocenters. The van der Waals surface area contributed by atoms with Crippen LogP contribution in [0.3, 0.4) is 0 Å². The van der Waals surface area contributed by atoms with Gasteiger partial charge in [0.05, 0.1) is 12.6 Å². The third kappa shape index (κ3) is 3.61. The van der Waals surface area contributed by atoms with Gasteiger partial charge in [-0.25, -0.2) is 0 Å². The highest BCUT2D eigenvalue weighted by atomic mass is 16.2. The lowest BCUT2D eigenvalue weighted by atomic mass is 10.0. The normalized spacial score (nSPS) is 16.5. The average Bonchev–Trinajstić information content (AvgIpc) is 2.48. The second kappa shape index (κ2) is 7.12. The van der Waals surface area contributed by atoms with Gasteiger partial charge in [-0.3, -0.25) is 4.79 Å². The molecule has 1 aliphatic rings. The van der Waals surface area contributed by atoms with Crippen molar-refractivity contribution in [1.82, 2.24) is 4.90 Å². The summed E-state index contributed by atoms with van der Waals surface area (Å²) in [5.41, 5.74) is 2.09. The zero-order valence-electron chi connectivity index (χ0n) is 11.9. The Morgan fingerprint density at radius 1 is 1.30 bits per heavy atom. The molecule has 1 aliphatic heterocycles. The van der Waals surface area contributed by atoms with Crippen molar-refractivity contribution >= 4 is 5.91 Å². The van der Waals surface area contributed by atoms with Gasteiger partial charge in [0.2, 0.25) is 5.91 Å². The molecular weight excluding hydrogens is 250 g/mol. The van der Waals surface area contributed by atoms with Crippen LogP contribution < -0.4 is 0 Å². The van der Waals surface area contributed by atoms with E-state index >= 15 is 0 Å². The molecule has 1 heterocycles. The van der Waals surface area contributed by atoms with Gasteiger partial charge in [0.25, 0.3) is 0 Å². The maximum Gasteiger partial charge on any atom is 0.223 e. The van der Waals surface area contributed by atoms with Gasteiger partial charge < -0.3 is 10.0 Å². The molecule has 1 aromatic carbocycles. The lowest BCUT2D eigenvalue weighted by Gasteiger charge is -2.32. The molecule has 1 amide bonds. The molecule has 0 radical (unpaired) electrons. The smallest absolute Gasteiger partial charge is 0.223 e. The van der Waals surface area contributed by atoms with Gasteiger partial charge in [-0.05, 0) is 37.5 Å². The van der Waals surface area contributed by atoms with Gasteiger partial charge in [-0.15, -0.1) is 0 Å². The minimum absolute atomic E-state index is 0.0964. The van der Waals surface area contributed by atoms with Gasteiger partial charge in [0.1, 0.15) is 0 Å². The minimum atomic E-state index is 0.0964. The Kier molecular flexibility index (Phi) is 5.20. The quantitative estimate of drug-likeness (QED) is 0.858. The molecule has 1 unspecified atom stereocenters. The molecule has 2 rings (SSSR count). The van der Waals surface area contributed by atoms with E-state index in [0.29, 0.717) is 12.8 Å². The summed E-state index contributed by atoms with van der Waals surface area (Å²) in [6, 6.07) is 8.16. The number of aliphatic hydroxyl groups excluding tert-OH is 1. The number of benzene rings is 1. The summed E-state index contributed by atoms with van der Waals surface area (Å²) >= 11 is 0. The van der Waals surface area contributed by atoms with Crippen molar-refractivity contribution in [3.05, 3.63) is 35.4 Å². The lowest BCUT2D eigenvalue weighted by molar-refractivity contribution is -0.135. The standard InChI is InChI=1S/C17H21NO2/c1-14(18-12-4-2-7-17(18)20)16-10-8-15(9-11-16)6-3-5-13-19/h8-11,14,19H,2,4-5,7,12-13H2,1H3. The molecule has 3 heteroatoms. The van der Waals surface area contributed by atoms with Crippen LogP contribution in [0.15, 0.2) is 24.3 Å².